The molecule has 0 aromatic rings. The van der Waals surface area contributed by atoms with Gasteiger partial charge >= 0.3 is 0 Å². The van der Waals surface area contributed by atoms with Crippen LogP contribution in [0.25, 0.3) is 0 Å². The van der Waals surface area contributed by atoms with E-state index in [4.69, 9.17) is 0 Å². The zero-order chi connectivity index (χ0) is 25.7. The van der Waals surface area contributed by atoms with E-state index in [2.05, 4.69) is 31.4 Å². The second-order valence-electron chi connectivity index (χ2n) is 9.19. The standard InChI is InChI=1S/C13H20N2O3.C11H16N2O3/c1-13(2,3)7-8-14-10(16)6-9-15-11(17)4-5-12(15)18;1-2-3-7-12-9(14)6-8-13-10(15)4-5-11(13)16/h4-5H,6-9H2,1-3H3,(H,14,16);4-5H,2-3,6-8H2,1H3,(H,12,14). The predicted molar refractivity (Wildman–Crippen MR) is 126 cm³/mol. The van der Waals surface area contributed by atoms with Crippen LogP contribution in [0.1, 0.15) is 59.8 Å². The molecule has 0 bridgehead atoms. The van der Waals surface area contributed by atoms with Crippen molar-refractivity contribution in [1.29, 1.82) is 0 Å². The highest BCUT2D eigenvalue weighted by Crippen LogP contribution is 2.16. The van der Waals surface area contributed by atoms with Gasteiger partial charge in [0.25, 0.3) is 23.6 Å². The van der Waals surface area contributed by atoms with E-state index in [1.165, 1.54) is 24.3 Å². The maximum Gasteiger partial charge on any atom is 0.253 e. The minimum Gasteiger partial charge on any atom is -0.356 e. The first-order chi connectivity index (χ1) is 15.9. The lowest BCUT2D eigenvalue weighted by Gasteiger charge is -2.18. The Morgan fingerprint density at radius 3 is 1.47 bits per heavy atom. The van der Waals surface area contributed by atoms with E-state index < -0.39 is 0 Å². The molecule has 2 aliphatic heterocycles. The third kappa shape index (κ3) is 11.0. The molecule has 0 unspecified atom stereocenters. The van der Waals surface area contributed by atoms with Crippen molar-refractivity contribution in [3.63, 3.8) is 0 Å². The van der Waals surface area contributed by atoms with E-state index in [0.29, 0.717) is 13.1 Å². The summed E-state index contributed by atoms with van der Waals surface area (Å²) in [6.45, 7) is 9.91. The molecule has 2 aliphatic rings. The smallest absolute Gasteiger partial charge is 0.253 e. The Bertz CT molecular complexity index is 805. The molecule has 6 amide bonds. The quantitative estimate of drug-likeness (QED) is 0.339. The maximum absolute atomic E-state index is 11.5. The van der Waals surface area contributed by atoms with Crippen LogP contribution in [-0.2, 0) is 28.8 Å². The number of rotatable bonds is 11. The highest BCUT2D eigenvalue weighted by atomic mass is 16.2. The number of carbonyl (C=O) groups is 6. The van der Waals surface area contributed by atoms with Crippen molar-refractivity contribution in [3.8, 4) is 0 Å². The number of nitrogens with one attached hydrogen (secondary N) is 2. The minimum absolute atomic E-state index is 0.124. The van der Waals surface area contributed by atoms with E-state index >= 15 is 0 Å². The highest BCUT2D eigenvalue weighted by Gasteiger charge is 2.24. The molecule has 2 rings (SSSR count). The Morgan fingerprint density at radius 2 is 1.12 bits per heavy atom. The largest absolute Gasteiger partial charge is 0.356 e. The van der Waals surface area contributed by atoms with Crippen LogP contribution in [0.4, 0.5) is 0 Å². The summed E-state index contributed by atoms with van der Waals surface area (Å²) in [6.07, 6.45) is 8.06. The Morgan fingerprint density at radius 1 is 0.735 bits per heavy atom. The van der Waals surface area contributed by atoms with Crippen LogP contribution in [-0.4, -0.2) is 71.4 Å². The second kappa shape index (κ2) is 14.1. The van der Waals surface area contributed by atoms with Crippen molar-refractivity contribution < 1.29 is 28.8 Å². The van der Waals surface area contributed by atoms with Gasteiger partial charge in [0.1, 0.15) is 0 Å². The maximum atomic E-state index is 11.5. The molecule has 0 radical (unpaired) electrons. The number of imide groups is 2. The van der Waals surface area contributed by atoms with E-state index in [0.717, 1.165) is 29.1 Å². The molecule has 0 saturated heterocycles. The van der Waals surface area contributed by atoms with Crippen LogP contribution in [0.2, 0.25) is 0 Å². The zero-order valence-electron chi connectivity index (χ0n) is 20.5. The van der Waals surface area contributed by atoms with E-state index in [-0.39, 0.29) is 66.8 Å². The van der Waals surface area contributed by atoms with Crippen LogP contribution in [0.15, 0.2) is 24.3 Å². The Balaban J connectivity index is 0.000000342. The van der Waals surface area contributed by atoms with Gasteiger partial charge in [-0.1, -0.05) is 34.1 Å². The van der Waals surface area contributed by atoms with Crippen LogP contribution in [0, 0.1) is 5.41 Å². The van der Waals surface area contributed by atoms with Gasteiger partial charge in [-0.3, -0.25) is 38.6 Å². The van der Waals surface area contributed by atoms with Gasteiger partial charge in [-0.15, -0.1) is 0 Å². The SMILES string of the molecule is CC(C)(C)CCNC(=O)CCN1C(=O)C=CC1=O.CCCCNC(=O)CCN1C(=O)C=CC1=O. The summed E-state index contributed by atoms with van der Waals surface area (Å²) in [5.41, 5.74) is 0.179. The van der Waals surface area contributed by atoms with Gasteiger partial charge in [0.05, 0.1) is 0 Å². The fourth-order valence-corrected chi connectivity index (χ4v) is 2.89. The van der Waals surface area contributed by atoms with Gasteiger partial charge in [-0.2, -0.15) is 0 Å². The molecule has 34 heavy (non-hydrogen) atoms. The predicted octanol–water partition coefficient (Wildman–Crippen LogP) is 1.07. The lowest BCUT2D eigenvalue weighted by atomic mass is 9.92. The van der Waals surface area contributed by atoms with Gasteiger partial charge in [0.15, 0.2) is 0 Å². The number of nitrogens with zero attached hydrogens (tertiary/aromatic N) is 2. The van der Waals surface area contributed by atoms with Gasteiger partial charge < -0.3 is 10.6 Å². The molecule has 188 valence electrons. The molecule has 0 spiro atoms. The number of amides is 6. The average molecular weight is 477 g/mol. The Kier molecular flexibility index (Phi) is 11.9. The number of hydrogen-bond acceptors (Lipinski definition) is 6. The van der Waals surface area contributed by atoms with Crippen molar-refractivity contribution >= 4 is 35.4 Å². The lowest BCUT2D eigenvalue weighted by molar-refractivity contribution is -0.139. The third-order valence-corrected chi connectivity index (χ3v) is 4.98. The second-order valence-corrected chi connectivity index (χ2v) is 9.19. The number of unbranched alkanes of at least 4 members (excludes halogenated alkanes) is 1. The molecule has 2 N–H and O–H groups in total. The molecule has 10 nitrogen and oxygen atoms in total. The molecular weight excluding hydrogens is 440 g/mol. The molecule has 0 saturated carbocycles. The summed E-state index contributed by atoms with van der Waals surface area (Å²) in [5, 5.41) is 5.51. The van der Waals surface area contributed by atoms with Crippen molar-refractivity contribution in [2.45, 2.75) is 59.8 Å². The molecule has 10 heteroatoms. The number of hydrogen-bond donors (Lipinski definition) is 2. The van der Waals surface area contributed by atoms with Gasteiger partial charge in [0, 0.05) is 63.3 Å². The first-order valence-corrected chi connectivity index (χ1v) is 11.5. The summed E-state index contributed by atoms with van der Waals surface area (Å²) < 4.78 is 0. The van der Waals surface area contributed by atoms with Gasteiger partial charge in [0.2, 0.25) is 11.8 Å². The van der Waals surface area contributed by atoms with Crippen LogP contribution in [0.3, 0.4) is 0 Å². The van der Waals surface area contributed by atoms with Gasteiger partial charge in [-0.05, 0) is 18.3 Å². The fourth-order valence-electron chi connectivity index (χ4n) is 2.89. The van der Waals surface area contributed by atoms with E-state index in [1.807, 2.05) is 6.92 Å². The van der Waals surface area contributed by atoms with Crippen molar-refractivity contribution in [3.05, 3.63) is 24.3 Å². The van der Waals surface area contributed by atoms with Crippen LogP contribution in [0.5, 0.6) is 0 Å². The summed E-state index contributed by atoms with van der Waals surface area (Å²) >= 11 is 0. The van der Waals surface area contributed by atoms with E-state index in [1.54, 1.807) is 0 Å². The average Bonchev–Trinajstić information content (AvgIpc) is 3.25. The summed E-state index contributed by atoms with van der Waals surface area (Å²) in [6, 6.07) is 0. The molecular formula is C24H36N4O6. The monoisotopic (exact) mass is 476 g/mol. The molecule has 2 heterocycles. The molecule has 0 aromatic heterocycles. The zero-order valence-corrected chi connectivity index (χ0v) is 20.5. The Labute approximate surface area is 200 Å². The fraction of sp³-hybridized carbons (Fsp3) is 0.583. The van der Waals surface area contributed by atoms with Crippen molar-refractivity contribution in [2.75, 3.05) is 26.2 Å². The minimum atomic E-state index is -0.345. The first-order valence-electron chi connectivity index (χ1n) is 11.5. The third-order valence-electron chi connectivity index (χ3n) is 4.98. The molecule has 0 aromatic carbocycles. The topological polar surface area (TPSA) is 133 Å². The molecule has 0 fully saturated rings. The molecule has 0 atom stereocenters. The summed E-state index contributed by atoms with van der Waals surface area (Å²) in [5.74, 6) is -1.63. The molecule has 0 aliphatic carbocycles. The van der Waals surface area contributed by atoms with Crippen LogP contribution < -0.4 is 10.6 Å². The number of carbonyl (C=O) groups excluding carboxylic acids is 6. The van der Waals surface area contributed by atoms with Crippen molar-refractivity contribution in [2.24, 2.45) is 5.41 Å². The van der Waals surface area contributed by atoms with Crippen molar-refractivity contribution in [1.82, 2.24) is 20.4 Å². The lowest BCUT2D eigenvalue weighted by Crippen LogP contribution is -2.35. The van der Waals surface area contributed by atoms with Crippen LogP contribution >= 0.6 is 0 Å². The summed E-state index contributed by atoms with van der Waals surface area (Å²) in [7, 11) is 0. The summed E-state index contributed by atoms with van der Waals surface area (Å²) in [4.78, 5) is 69.7. The normalized spacial score (nSPS) is 15.1. The van der Waals surface area contributed by atoms with Gasteiger partial charge in [-0.25, -0.2) is 0 Å². The van der Waals surface area contributed by atoms with E-state index in [9.17, 15) is 28.8 Å². The first kappa shape index (κ1) is 28.7. The Hall–Kier alpha value is -3.30. The highest BCUT2D eigenvalue weighted by molar-refractivity contribution is 6.13.